The maximum absolute atomic E-state index is 12.4. The fourth-order valence-electron chi connectivity index (χ4n) is 3.22. The summed E-state index contributed by atoms with van der Waals surface area (Å²) in [5.41, 5.74) is 2.93. The maximum Gasteiger partial charge on any atom is 0.231 e. The predicted octanol–water partition coefficient (Wildman–Crippen LogP) is 3.92. The van der Waals surface area contributed by atoms with Gasteiger partial charge in [-0.25, -0.2) is 0 Å². The van der Waals surface area contributed by atoms with E-state index in [1.165, 1.54) is 0 Å². The molecule has 4 heteroatoms. The fraction of sp³-hybridized carbons (Fsp3) is 0.316. The van der Waals surface area contributed by atoms with Crippen LogP contribution in [0, 0.1) is 0 Å². The van der Waals surface area contributed by atoms with E-state index in [0.717, 1.165) is 40.4 Å². The lowest BCUT2D eigenvalue weighted by Gasteiger charge is -2.13. The second kappa shape index (κ2) is 5.61. The molecule has 0 N–H and O–H groups in total. The minimum absolute atomic E-state index is 0.0761. The smallest absolute Gasteiger partial charge is 0.231 e. The molecular formula is C19H18O4. The monoisotopic (exact) mass is 310 g/mol. The number of carbonyl (C=O) groups is 1. The van der Waals surface area contributed by atoms with Gasteiger partial charge in [-0.2, -0.15) is 0 Å². The molecule has 1 aliphatic carbocycles. The summed E-state index contributed by atoms with van der Waals surface area (Å²) in [5, 5.41) is 0. The van der Waals surface area contributed by atoms with Crippen LogP contribution in [0.1, 0.15) is 47.2 Å². The van der Waals surface area contributed by atoms with E-state index in [2.05, 4.69) is 6.92 Å². The summed E-state index contributed by atoms with van der Waals surface area (Å²) in [6, 6.07) is 11.8. The summed E-state index contributed by atoms with van der Waals surface area (Å²) < 4.78 is 16.4. The first-order chi connectivity index (χ1) is 11.3. The van der Waals surface area contributed by atoms with Crippen LogP contribution in [0.3, 0.4) is 0 Å². The van der Waals surface area contributed by atoms with Crippen molar-refractivity contribution in [2.45, 2.75) is 25.7 Å². The number of rotatable bonds is 4. The molecule has 4 nitrogen and oxygen atoms in total. The van der Waals surface area contributed by atoms with Crippen molar-refractivity contribution < 1.29 is 19.0 Å². The first kappa shape index (κ1) is 14.1. The number of hydrogen-bond acceptors (Lipinski definition) is 4. The summed E-state index contributed by atoms with van der Waals surface area (Å²) >= 11 is 0. The maximum atomic E-state index is 12.4. The van der Waals surface area contributed by atoms with Crippen molar-refractivity contribution in [2.24, 2.45) is 0 Å². The van der Waals surface area contributed by atoms with Crippen LogP contribution < -0.4 is 14.2 Å². The van der Waals surface area contributed by atoms with Crippen molar-refractivity contribution >= 4 is 5.78 Å². The van der Waals surface area contributed by atoms with Crippen LogP contribution in [0.2, 0.25) is 0 Å². The molecule has 0 aromatic heterocycles. The molecule has 0 saturated carbocycles. The van der Waals surface area contributed by atoms with E-state index in [9.17, 15) is 4.79 Å². The highest BCUT2D eigenvalue weighted by Gasteiger charge is 2.31. The molecule has 4 rings (SSSR count). The molecule has 2 aromatic carbocycles. The molecule has 0 fully saturated rings. The molecule has 0 spiro atoms. The van der Waals surface area contributed by atoms with Gasteiger partial charge in [0.25, 0.3) is 0 Å². The van der Waals surface area contributed by atoms with Gasteiger partial charge in [-0.15, -0.1) is 0 Å². The quantitative estimate of drug-likeness (QED) is 0.858. The third-order valence-corrected chi connectivity index (χ3v) is 4.36. The van der Waals surface area contributed by atoms with Crippen LogP contribution in [-0.4, -0.2) is 19.2 Å². The lowest BCUT2D eigenvalue weighted by Crippen LogP contribution is -1.98. The van der Waals surface area contributed by atoms with E-state index in [4.69, 9.17) is 14.2 Å². The Balaban J connectivity index is 1.67. The van der Waals surface area contributed by atoms with Crippen molar-refractivity contribution in [1.29, 1.82) is 0 Å². The van der Waals surface area contributed by atoms with Gasteiger partial charge in [0.05, 0.1) is 6.61 Å². The minimum atomic E-state index is 0.0761. The van der Waals surface area contributed by atoms with Crippen molar-refractivity contribution in [3.8, 4) is 17.2 Å². The lowest BCUT2D eigenvalue weighted by molar-refractivity contribution is 0.0991. The van der Waals surface area contributed by atoms with Crippen molar-refractivity contribution in [1.82, 2.24) is 0 Å². The van der Waals surface area contributed by atoms with Gasteiger partial charge in [0.15, 0.2) is 17.3 Å². The number of fused-ring (bicyclic) bond motifs is 2. The van der Waals surface area contributed by atoms with Crippen LogP contribution in [0.15, 0.2) is 36.4 Å². The van der Waals surface area contributed by atoms with Gasteiger partial charge in [-0.3, -0.25) is 4.79 Å². The summed E-state index contributed by atoms with van der Waals surface area (Å²) in [6.07, 6.45) is 1.44. The molecule has 0 unspecified atom stereocenters. The van der Waals surface area contributed by atoms with Crippen LogP contribution in [-0.2, 0) is 0 Å². The van der Waals surface area contributed by atoms with Crippen LogP contribution >= 0.6 is 0 Å². The Hall–Kier alpha value is -2.49. The first-order valence-corrected chi connectivity index (χ1v) is 7.95. The SMILES string of the molecule is CCCOc1ccc2c(c1)C(=O)C[C@H]2c1ccc2c(c1)OCO2. The molecule has 1 aliphatic heterocycles. The largest absolute Gasteiger partial charge is 0.494 e. The van der Waals surface area contributed by atoms with Gasteiger partial charge in [-0.05, 0) is 41.8 Å². The van der Waals surface area contributed by atoms with E-state index in [1.54, 1.807) is 0 Å². The first-order valence-electron chi connectivity index (χ1n) is 7.95. The highest BCUT2D eigenvalue weighted by molar-refractivity contribution is 6.02. The van der Waals surface area contributed by atoms with E-state index < -0.39 is 0 Å². The number of ether oxygens (including phenoxy) is 3. The molecular weight excluding hydrogens is 292 g/mol. The summed E-state index contributed by atoms with van der Waals surface area (Å²) in [6.45, 7) is 2.99. The van der Waals surface area contributed by atoms with Gasteiger partial charge in [0, 0.05) is 17.9 Å². The zero-order valence-corrected chi connectivity index (χ0v) is 13.0. The molecule has 2 aromatic rings. The molecule has 1 heterocycles. The number of ketones is 1. The third kappa shape index (κ3) is 2.44. The number of Topliss-reactive ketones (excluding diaryl/α,β-unsaturated/α-hetero) is 1. The van der Waals surface area contributed by atoms with Crippen LogP contribution in [0.4, 0.5) is 0 Å². The molecule has 1 atom stereocenters. The van der Waals surface area contributed by atoms with Crippen molar-refractivity contribution in [3.63, 3.8) is 0 Å². The number of carbonyl (C=O) groups excluding carboxylic acids is 1. The second-order valence-electron chi connectivity index (χ2n) is 5.89. The van der Waals surface area contributed by atoms with Crippen molar-refractivity contribution in [2.75, 3.05) is 13.4 Å². The second-order valence-corrected chi connectivity index (χ2v) is 5.89. The average molecular weight is 310 g/mol. The van der Waals surface area contributed by atoms with Crippen LogP contribution in [0.5, 0.6) is 17.2 Å². The molecule has 118 valence electrons. The van der Waals surface area contributed by atoms with Gasteiger partial charge < -0.3 is 14.2 Å². The van der Waals surface area contributed by atoms with Crippen LogP contribution in [0.25, 0.3) is 0 Å². The van der Waals surface area contributed by atoms with Crippen molar-refractivity contribution in [3.05, 3.63) is 53.1 Å². The van der Waals surface area contributed by atoms with E-state index in [-0.39, 0.29) is 18.5 Å². The Morgan fingerprint density at radius 2 is 2.00 bits per heavy atom. The van der Waals surface area contributed by atoms with Gasteiger partial charge in [0.2, 0.25) is 6.79 Å². The molecule has 0 radical (unpaired) electrons. The Morgan fingerprint density at radius 1 is 1.13 bits per heavy atom. The number of benzene rings is 2. The highest BCUT2D eigenvalue weighted by atomic mass is 16.7. The summed E-state index contributed by atoms with van der Waals surface area (Å²) in [5.74, 6) is 2.54. The normalized spacial score (nSPS) is 18.1. The standard InChI is InChI=1S/C19H18O4/c1-2-7-21-13-4-5-14-15(10-17(20)16(14)9-13)12-3-6-18-19(8-12)23-11-22-18/h3-6,8-9,15H,2,7,10-11H2,1H3/t15-/m0/s1. The van der Waals surface area contributed by atoms with E-state index in [0.29, 0.717) is 13.0 Å². The molecule has 23 heavy (non-hydrogen) atoms. The lowest BCUT2D eigenvalue weighted by atomic mass is 9.92. The average Bonchev–Trinajstić information content (AvgIpc) is 3.17. The van der Waals surface area contributed by atoms with Gasteiger partial charge in [-0.1, -0.05) is 19.1 Å². The fourth-order valence-corrected chi connectivity index (χ4v) is 3.22. The topological polar surface area (TPSA) is 44.8 Å². The Morgan fingerprint density at radius 3 is 2.87 bits per heavy atom. The summed E-state index contributed by atoms with van der Waals surface area (Å²) in [4.78, 5) is 12.4. The Bertz CT molecular complexity index is 766. The molecule has 0 bridgehead atoms. The molecule has 2 aliphatic rings. The predicted molar refractivity (Wildman–Crippen MR) is 85.6 cm³/mol. The Labute approximate surface area is 135 Å². The van der Waals surface area contributed by atoms with E-state index >= 15 is 0 Å². The third-order valence-electron chi connectivity index (χ3n) is 4.36. The molecule has 0 amide bonds. The minimum Gasteiger partial charge on any atom is -0.494 e. The van der Waals surface area contributed by atoms with Gasteiger partial charge in [0.1, 0.15) is 5.75 Å². The zero-order valence-electron chi connectivity index (χ0n) is 13.0. The number of hydrogen-bond donors (Lipinski definition) is 0. The summed E-state index contributed by atoms with van der Waals surface area (Å²) in [7, 11) is 0. The van der Waals surface area contributed by atoms with Gasteiger partial charge >= 0.3 is 0 Å². The molecule has 0 saturated heterocycles. The Kier molecular flexibility index (Phi) is 3.45. The van der Waals surface area contributed by atoms with E-state index in [1.807, 2.05) is 36.4 Å². The zero-order chi connectivity index (χ0) is 15.8. The highest BCUT2D eigenvalue weighted by Crippen LogP contribution is 2.42.